The van der Waals surface area contributed by atoms with Gasteiger partial charge in [0.25, 0.3) is 0 Å². The molecule has 6 fully saturated rings. The lowest BCUT2D eigenvalue weighted by Crippen LogP contribution is -2.67. The highest BCUT2D eigenvalue weighted by atomic mass is 16.7. The van der Waals surface area contributed by atoms with E-state index >= 15 is 0 Å². The van der Waals surface area contributed by atoms with Gasteiger partial charge in [0.2, 0.25) is 0 Å². The van der Waals surface area contributed by atoms with Gasteiger partial charge >= 0.3 is 0 Å². The summed E-state index contributed by atoms with van der Waals surface area (Å²) in [5, 5.41) is 54.3. The highest BCUT2D eigenvalue weighted by Crippen LogP contribution is 2.76. The summed E-state index contributed by atoms with van der Waals surface area (Å²) in [6, 6.07) is 0. The van der Waals surface area contributed by atoms with E-state index in [1.807, 2.05) is 6.92 Å². The van der Waals surface area contributed by atoms with Gasteiger partial charge in [0, 0.05) is 12.8 Å². The van der Waals surface area contributed by atoms with Crippen LogP contribution in [-0.4, -0.2) is 105 Å². The maximum atomic E-state index is 12.9. The average molecular weight is 749 g/mol. The molecule has 0 aromatic heterocycles. The quantitative estimate of drug-likeness (QED) is 0.156. The van der Waals surface area contributed by atoms with Crippen LogP contribution in [0.5, 0.6) is 0 Å². The number of ether oxygens (including phenoxy) is 4. The highest BCUT2D eigenvalue weighted by Gasteiger charge is 2.71. The van der Waals surface area contributed by atoms with Crippen LogP contribution in [-0.2, 0) is 28.5 Å². The number of carbonyl (C=O) groups excluding carboxylic acids is 2. The zero-order valence-electron chi connectivity index (χ0n) is 33.4. The minimum Gasteiger partial charge on any atom is -0.393 e. The van der Waals surface area contributed by atoms with E-state index in [-0.39, 0.29) is 70.1 Å². The fraction of sp³-hybridized carbons (Fsp3) is 0.905. The molecule has 2 saturated heterocycles. The third kappa shape index (κ3) is 7.05. The van der Waals surface area contributed by atoms with Crippen LogP contribution in [0.4, 0.5) is 0 Å². The van der Waals surface area contributed by atoms with Crippen LogP contribution in [0.3, 0.4) is 0 Å². The molecule has 0 aromatic rings. The van der Waals surface area contributed by atoms with E-state index in [0.717, 1.165) is 51.4 Å². The van der Waals surface area contributed by atoms with Crippen molar-refractivity contribution in [3.05, 3.63) is 11.6 Å². The molecular formula is C42H68O11. The smallest absolute Gasteiger partial charge is 0.185 e. The van der Waals surface area contributed by atoms with Crippen LogP contribution in [0, 0.1) is 45.3 Å². The molecule has 11 nitrogen and oxygen atoms in total. The van der Waals surface area contributed by atoms with Crippen LogP contribution < -0.4 is 0 Å². The van der Waals surface area contributed by atoms with Crippen molar-refractivity contribution in [2.45, 2.75) is 181 Å². The van der Waals surface area contributed by atoms with Gasteiger partial charge in [-0.1, -0.05) is 46.3 Å². The number of allylic oxidation sites excluding steroid dienone is 2. The summed E-state index contributed by atoms with van der Waals surface area (Å²) in [6.07, 6.45) is 2.10. The van der Waals surface area contributed by atoms with Gasteiger partial charge < -0.3 is 44.5 Å². The van der Waals surface area contributed by atoms with Gasteiger partial charge in [-0.3, -0.25) is 9.59 Å². The van der Waals surface area contributed by atoms with E-state index < -0.39 is 67.7 Å². The van der Waals surface area contributed by atoms with E-state index in [1.54, 1.807) is 0 Å². The molecule has 5 unspecified atom stereocenters. The standard InChI is InChI=1S/C42H68O11/c1-23(2)10-9-14-42(8,49)24-11-16-41(7)35(24)27(47)20-33-39(5)15-13-34(38(3,4)32(39)12-17-40(33,41)6)53-37-29(19-26(46)31(22-44)52-37)50-36-28(48)18-25(45)30(21-43)51-36/h10,24,27-37,43-44,47-49H,9,11-22H2,1-8H3/t24-,27+,28?,29?,30?,31?,32-,33+,34-,35-,36+,37-,39?,40+,41+,42-/m0/s1. The Hall–Kier alpha value is -1.28. The van der Waals surface area contributed by atoms with Gasteiger partial charge in [-0.2, -0.15) is 0 Å². The molecule has 2 aliphatic heterocycles. The maximum Gasteiger partial charge on any atom is 0.185 e. The molecule has 11 heteroatoms. The van der Waals surface area contributed by atoms with Crippen molar-refractivity contribution in [3.63, 3.8) is 0 Å². The van der Waals surface area contributed by atoms with Crippen LogP contribution in [0.25, 0.3) is 0 Å². The third-order valence-corrected chi connectivity index (χ3v) is 16.0. The summed E-state index contributed by atoms with van der Waals surface area (Å²) in [6.45, 7) is 16.9. The van der Waals surface area contributed by atoms with Crippen LogP contribution in [0.1, 0.15) is 126 Å². The average Bonchev–Trinajstić information content (AvgIpc) is 3.46. The monoisotopic (exact) mass is 748 g/mol. The molecule has 6 rings (SSSR count). The molecule has 5 N–H and O–H groups in total. The number of hydrogen-bond donors (Lipinski definition) is 5. The molecular weight excluding hydrogens is 680 g/mol. The second kappa shape index (κ2) is 14.9. The SMILES string of the molecule is CC(C)=CCC[C@](C)(O)[C@H]1CC[C@]2(C)[C@@H]1[C@H](O)C[C@@H]1C3(C)CC[C@H](O[C@@H]4OC(CO)C(=O)CC4O[C@@H]4OC(CO)C(=O)CC4O)C(C)(C)[C@@H]3CC[C@]12C. The summed E-state index contributed by atoms with van der Waals surface area (Å²) in [4.78, 5) is 25.1. The highest BCUT2D eigenvalue weighted by molar-refractivity contribution is 5.85. The van der Waals surface area contributed by atoms with Crippen molar-refractivity contribution in [1.29, 1.82) is 0 Å². The minimum atomic E-state index is -1.28. The lowest BCUT2D eigenvalue weighted by atomic mass is 9.35. The molecule has 6 aliphatic rings. The largest absolute Gasteiger partial charge is 0.393 e. The molecule has 0 radical (unpaired) electrons. The van der Waals surface area contributed by atoms with E-state index in [9.17, 15) is 35.1 Å². The second-order valence-corrected chi connectivity index (χ2v) is 19.6. The molecule has 0 aromatic carbocycles. The van der Waals surface area contributed by atoms with Gasteiger partial charge in [-0.15, -0.1) is 0 Å². The number of aliphatic hydroxyl groups is 5. The summed E-state index contributed by atoms with van der Waals surface area (Å²) < 4.78 is 24.6. The number of Topliss-reactive ketones (excluding diaryl/α,β-unsaturated/α-hetero) is 2. The van der Waals surface area contributed by atoms with Gasteiger partial charge in [0.05, 0.1) is 31.0 Å². The third-order valence-electron chi connectivity index (χ3n) is 16.0. The maximum absolute atomic E-state index is 12.9. The lowest BCUT2D eigenvalue weighted by molar-refractivity contribution is -0.327. The fourth-order valence-electron chi connectivity index (χ4n) is 13.0. The lowest BCUT2D eigenvalue weighted by Gasteiger charge is -2.70. The first kappa shape index (κ1) is 41.4. The van der Waals surface area contributed by atoms with E-state index in [2.05, 4.69) is 54.5 Å². The van der Waals surface area contributed by atoms with Gasteiger partial charge in [0.15, 0.2) is 24.1 Å². The Bertz CT molecular complexity index is 1390. The van der Waals surface area contributed by atoms with E-state index in [0.29, 0.717) is 6.42 Å². The molecule has 0 spiro atoms. The van der Waals surface area contributed by atoms with Crippen molar-refractivity contribution in [1.82, 2.24) is 0 Å². The number of aliphatic hydroxyl groups excluding tert-OH is 4. The first-order chi connectivity index (χ1) is 24.7. The number of carbonyl (C=O) groups is 2. The van der Waals surface area contributed by atoms with Gasteiger partial charge in [-0.25, -0.2) is 0 Å². The molecule has 0 amide bonds. The van der Waals surface area contributed by atoms with Crippen molar-refractivity contribution < 1.29 is 54.1 Å². The Morgan fingerprint density at radius 1 is 0.830 bits per heavy atom. The van der Waals surface area contributed by atoms with Crippen LogP contribution in [0.15, 0.2) is 11.6 Å². The minimum absolute atomic E-state index is 0.00850. The summed E-state index contributed by atoms with van der Waals surface area (Å²) >= 11 is 0. The molecule has 53 heavy (non-hydrogen) atoms. The topological polar surface area (TPSA) is 172 Å². The predicted octanol–water partition coefficient (Wildman–Crippen LogP) is 4.62. The van der Waals surface area contributed by atoms with Crippen molar-refractivity contribution in [3.8, 4) is 0 Å². The summed E-state index contributed by atoms with van der Waals surface area (Å²) in [5.41, 5.74) is -0.114. The molecule has 0 bridgehead atoms. The van der Waals surface area contributed by atoms with Gasteiger partial charge in [-0.05, 0) is 124 Å². The molecule has 4 saturated carbocycles. The van der Waals surface area contributed by atoms with E-state index in [1.165, 1.54) is 5.57 Å². The Balaban J connectivity index is 1.21. The van der Waals surface area contributed by atoms with Crippen molar-refractivity contribution in [2.75, 3.05) is 13.2 Å². The number of hydrogen-bond acceptors (Lipinski definition) is 11. The van der Waals surface area contributed by atoms with Crippen LogP contribution >= 0.6 is 0 Å². The Kier molecular flexibility index (Phi) is 11.6. The summed E-state index contributed by atoms with van der Waals surface area (Å²) in [5.74, 6) is -0.146. The number of ketones is 2. The molecule has 4 aliphatic carbocycles. The zero-order chi connectivity index (χ0) is 38.9. The predicted molar refractivity (Wildman–Crippen MR) is 196 cm³/mol. The summed E-state index contributed by atoms with van der Waals surface area (Å²) in [7, 11) is 0. The Morgan fingerprint density at radius 3 is 2.09 bits per heavy atom. The van der Waals surface area contributed by atoms with Gasteiger partial charge in [0.1, 0.15) is 24.4 Å². The fourth-order valence-corrected chi connectivity index (χ4v) is 13.0. The van der Waals surface area contributed by atoms with Crippen LogP contribution in [0.2, 0.25) is 0 Å². The van der Waals surface area contributed by atoms with Crippen molar-refractivity contribution in [2.24, 2.45) is 45.3 Å². The Morgan fingerprint density at radius 2 is 1.45 bits per heavy atom. The molecule has 302 valence electrons. The first-order valence-electron chi connectivity index (χ1n) is 20.3. The Labute approximate surface area is 316 Å². The zero-order valence-corrected chi connectivity index (χ0v) is 33.4. The first-order valence-corrected chi connectivity index (χ1v) is 20.3. The van der Waals surface area contributed by atoms with E-state index in [4.69, 9.17) is 18.9 Å². The molecule has 2 heterocycles. The van der Waals surface area contributed by atoms with Crippen molar-refractivity contribution >= 4 is 11.6 Å². The second-order valence-electron chi connectivity index (χ2n) is 19.6. The number of fused-ring (bicyclic) bond motifs is 5. The normalized spacial score (nSPS) is 47.9. The molecule has 16 atom stereocenters. The number of rotatable bonds is 10.